The summed E-state index contributed by atoms with van der Waals surface area (Å²) in [6.45, 7) is 0.158. The molecule has 4 heteroatoms. The summed E-state index contributed by atoms with van der Waals surface area (Å²) in [4.78, 5) is 0. The predicted octanol–water partition coefficient (Wildman–Crippen LogP) is 2.73. The number of benzene rings is 2. The van der Waals surface area contributed by atoms with Crippen LogP contribution >= 0.6 is 0 Å². The molecule has 0 fully saturated rings. The molecule has 2 aromatic rings. The smallest absolute Gasteiger partial charge is 0.131 e. The Kier molecular flexibility index (Phi) is 4.82. The normalized spacial score (nSPS) is 12.3. The molecule has 0 aromatic heterocycles. The van der Waals surface area contributed by atoms with Crippen molar-refractivity contribution in [1.82, 2.24) is 0 Å². The molecule has 0 saturated carbocycles. The van der Waals surface area contributed by atoms with Gasteiger partial charge in [0.2, 0.25) is 0 Å². The molecule has 2 nitrogen and oxygen atoms in total. The highest BCUT2D eigenvalue weighted by Gasteiger charge is 2.10. The molecule has 100 valence electrons. The summed E-state index contributed by atoms with van der Waals surface area (Å²) in [5, 5.41) is 0. The highest BCUT2D eigenvalue weighted by molar-refractivity contribution is 7.83. The molecule has 0 aliphatic rings. The van der Waals surface area contributed by atoms with Gasteiger partial charge in [0, 0.05) is 34.2 Å². The molecule has 19 heavy (non-hydrogen) atoms. The lowest BCUT2D eigenvalue weighted by Crippen LogP contribution is -2.06. The number of hydrogen-bond acceptors (Lipinski definition) is 2. The van der Waals surface area contributed by atoms with Crippen LogP contribution in [0.1, 0.15) is 16.7 Å². The molecule has 0 saturated heterocycles. The molecule has 0 aliphatic carbocycles. The van der Waals surface area contributed by atoms with E-state index in [0.717, 1.165) is 5.56 Å². The van der Waals surface area contributed by atoms with Crippen molar-refractivity contribution < 1.29 is 8.60 Å². The summed E-state index contributed by atoms with van der Waals surface area (Å²) in [7, 11) is -1.12. The average Bonchev–Trinajstić information content (AvgIpc) is 2.42. The fourth-order valence-electron chi connectivity index (χ4n) is 1.89. The van der Waals surface area contributed by atoms with Gasteiger partial charge in [-0.1, -0.05) is 48.5 Å². The van der Waals surface area contributed by atoms with Gasteiger partial charge < -0.3 is 5.73 Å². The van der Waals surface area contributed by atoms with Crippen LogP contribution in [0.3, 0.4) is 0 Å². The van der Waals surface area contributed by atoms with Gasteiger partial charge in [-0.3, -0.25) is 4.21 Å². The van der Waals surface area contributed by atoms with E-state index in [1.54, 1.807) is 18.2 Å². The third-order valence-corrected chi connectivity index (χ3v) is 4.15. The molecule has 1 unspecified atom stereocenters. The monoisotopic (exact) mass is 277 g/mol. The minimum Gasteiger partial charge on any atom is -0.326 e. The largest absolute Gasteiger partial charge is 0.326 e. The van der Waals surface area contributed by atoms with Gasteiger partial charge >= 0.3 is 0 Å². The zero-order valence-electron chi connectivity index (χ0n) is 10.5. The van der Waals surface area contributed by atoms with E-state index in [9.17, 15) is 8.60 Å². The van der Waals surface area contributed by atoms with Crippen molar-refractivity contribution in [2.45, 2.75) is 18.1 Å². The van der Waals surface area contributed by atoms with Crippen molar-refractivity contribution in [2.75, 3.05) is 0 Å². The molecule has 0 heterocycles. The van der Waals surface area contributed by atoms with Crippen LogP contribution in [0.4, 0.5) is 4.39 Å². The van der Waals surface area contributed by atoms with Gasteiger partial charge in [0.15, 0.2) is 0 Å². The highest BCUT2D eigenvalue weighted by Crippen LogP contribution is 2.16. The van der Waals surface area contributed by atoms with Crippen LogP contribution in [0.25, 0.3) is 0 Å². The van der Waals surface area contributed by atoms with Crippen molar-refractivity contribution in [3.05, 3.63) is 71.0 Å². The Morgan fingerprint density at radius 1 is 0.947 bits per heavy atom. The Morgan fingerprint density at radius 2 is 1.63 bits per heavy atom. The van der Waals surface area contributed by atoms with Gasteiger partial charge in [-0.05, 0) is 5.56 Å². The minimum atomic E-state index is -1.12. The Balaban J connectivity index is 2.07. The van der Waals surface area contributed by atoms with Crippen molar-refractivity contribution in [1.29, 1.82) is 0 Å². The highest BCUT2D eigenvalue weighted by atomic mass is 32.2. The zero-order valence-corrected chi connectivity index (χ0v) is 11.3. The van der Waals surface area contributed by atoms with E-state index in [0.29, 0.717) is 16.9 Å². The topological polar surface area (TPSA) is 43.1 Å². The van der Waals surface area contributed by atoms with E-state index in [-0.39, 0.29) is 18.1 Å². The lowest BCUT2D eigenvalue weighted by Gasteiger charge is -2.07. The number of hydrogen-bond donors (Lipinski definition) is 1. The second kappa shape index (κ2) is 6.59. The van der Waals surface area contributed by atoms with Gasteiger partial charge in [0.25, 0.3) is 0 Å². The SMILES string of the molecule is NCc1cccc(CS(=O)Cc2ccccc2)c1F. The summed E-state index contributed by atoms with van der Waals surface area (Å²) in [5.74, 6) is 0.327. The van der Waals surface area contributed by atoms with Gasteiger partial charge in [0.05, 0.1) is 5.75 Å². The molecule has 0 bridgehead atoms. The second-order valence-corrected chi connectivity index (χ2v) is 5.77. The maximum Gasteiger partial charge on any atom is 0.131 e. The summed E-state index contributed by atoms with van der Waals surface area (Å²) >= 11 is 0. The molecule has 0 amide bonds. The molecule has 0 aliphatic heterocycles. The van der Waals surface area contributed by atoms with Crippen LogP contribution in [-0.2, 0) is 28.9 Å². The van der Waals surface area contributed by atoms with E-state index >= 15 is 0 Å². The fraction of sp³-hybridized carbons (Fsp3) is 0.200. The molecule has 0 radical (unpaired) electrons. The Labute approximate surface area is 114 Å². The molecule has 0 spiro atoms. The van der Waals surface area contributed by atoms with Crippen LogP contribution < -0.4 is 5.73 Å². The van der Waals surface area contributed by atoms with Gasteiger partial charge in [-0.2, -0.15) is 0 Å². The maximum absolute atomic E-state index is 14.0. The summed E-state index contributed by atoms with van der Waals surface area (Å²) in [6.07, 6.45) is 0. The van der Waals surface area contributed by atoms with E-state index in [1.165, 1.54) is 0 Å². The first kappa shape index (κ1) is 13.9. The average molecular weight is 277 g/mol. The van der Waals surface area contributed by atoms with Crippen LogP contribution in [0, 0.1) is 5.82 Å². The first-order chi connectivity index (χ1) is 9.20. The third kappa shape index (κ3) is 3.72. The number of halogens is 1. The van der Waals surface area contributed by atoms with Gasteiger partial charge in [0.1, 0.15) is 5.82 Å². The van der Waals surface area contributed by atoms with Crippen molar-refractivity contribution >= 4 is 10.8 Å². The quantitative estimate of drug-likeness (QED) is 0.913. The summed E-state index contributed by atoms with van der Waals surface area (Å²) in [6, 6.07) is 14.6. The number of rotatable bonds is 5. The predicted molar refractivity (Wildman–Crippen MR) is 76.3 cm³/mol. The van der Waals surface area contributed by atoms with Gasteiger partial charge in [-0.25, -0.2) is 4.39 Å². The Morgan fingerprint density at radius 3 is 2.32 bits per heavy atom. The Hall–Kier alpha value is -1.52. The minimum absolute atomic E-state index is 0.158. The first-order valence-electron chi connectivity index (χ1n) is 6.06. The first-order valence-corrected chi connectivity index (χ1v) is 7.54. The fourth-order valence-corrected chi connectivity index (χ4v) is 3.12. The van der Waals surface area contributed by atoms with Crippen LogP contribution in [0.5, 0.6) is 0 Å². The van der Waals surface area contributed by atoms with Crippen molar-refractivity contribution in [2.24, 2.45) is 5.73 Å². The molecule has 1 atom stereocenters. The van der Waals surface area contributed by atoms with Crippen molar-refractivity contribution in [3.8, 4) is 0 Å². The van der Waals surface area contributed by atoms with E-state index in [2.05, 4.69) is 0 Å². The lowest BCUT2D eigenvalue weighted by atomic mass is 10.1. The Bertz CT molecular complexity index is 572. The molecular weight excluding hydrogens is 261 g/mol. The van der Waals surface area contributed by atoms with Gasteiger partial charge in [-0.15, -0.1) is 0 Å². The van der Waals surface area contributed by atoms with E-state index in [1.807, 2.05) is 30.3 Å². The summed E-state index contributed by atoms with van der Waals surface area (Å²) < 4.78 is 26.0. The molecular formula is C15H16FNOS. The second-order valence-electron chi connectivity index (χ2n) is 4.31. The third-order valence-electron chi connectivity index (χ3n) is 2.87. The van der Waals surface area contributed by atoms with Crippen molar-refractivity contribution in [3.63, 3.8) is 0 Å². The van der Waals surface area contributed by atoms with E-state index in [4.69, 9.17) is 5.73 Å². The zero-order chi connectivity index (χ0) is 13.7. The molecule has 2 aromatic carbocycles. The summed E-state index contributed by atoms with van der Waals surface area (Å²) in [5.41, 5.74) is 7.39. The molecule has 2 N–H and O–H groups in total. The van der Waals surface area contributed by atoms with E-state index < -0.39 is 10.8 Å². The lowest BCUT2D eigenvalue weighted by molar-refractivity contribution is 0.598. The van der Waals surface area contributed by atoms with Crippen LogP contribution in [-0.4, -0.2) is 4.21 Å². The van der Waals surface area contributed by atoms with Crippen LogP contribution in [0.2, 0.25) is 0 Å². The number of nitrogens with two attached hydrogens (primary N) is 1. The maximum atomic E-state index is 14.0. The van der Waals surface area contributed by atoms with Crippen LogP contribution in [0.15, 0.2) is 48.5 Å². The molecule has 2 rings (SSSR count). The standard InChI is InChI=1S/C15H16FNOS/c16-15-13(9-17)7-4-8-14(15)11-19(18)10-12-5-2-1-3-6-12/h1-8H,9-11,17H2.